The standard InChI is InChI=1S/C24H35BrF2N2O3SSi/c1-22(2,3)32-21(30)29(15-31-10-11-34(5,6)7)20-28-23(4,19-13-24(19,14-26)33-20)17-12-16(25)8-9-18(17)27/h8-9,12,19H,10-11,13-15H2,1-7H3/t19-,23+,24+/m0/s1. The molecule has 3 atom stereocenters. The van der Waals surface area contributed by atoms with Crippen molar-refractivity contribution in [2.24, 2.45) is 10.9 Å². The van der Waals surface area contributed by atoms with Gasteiger partial charge in [0.1, 0.15) is 24.8 Å². The van der Waals surface area contributed by atoms with Gasteiger partial charge in [0.15, 0.2) is 5.17 Å². The lowest BCUT2D eigenvalue weighted by Crippen LogP contribution is -2.46. The largest absolute Gasteiger partial charge is 0.443 e. The molecule has 0 saturated heterocycles. The van der Waals surface area contributed by atoms with Gasteiger partial charge in [0.05, 0.1) is 10.3 Å². The zero-order valence-corrected chi connectivity index (χ0v) is 24.4. The van der Waals surface area contributed by atoms with Gasteiger partial charge in [-0.2, -0.15) is 0 Å². The molecule has 0 N–H and O–H groups in total. The average molecular weight is 578 g/mol. The molecule has 10 heteroatoms. The first-order chi connectivity index (χ1) is 15.6. The quantitative estimate of drug-likeness (QED) is 0.196. The number of carbonyl (C=O) groups is 1. The Bertz CT molecular complexity index is 969. The topological polar surface area (TPSA) is 51.1 Å². The third-order valence-corrected chi connectivity index (χ3v) is 9.75. The van der Waals surface area contributed by atoms with E-state index >= 15 is 0 Å². The van der Waals surface area contributed by atoms with Crippen LogP contribution in [0.1, 0.15) is 39.7 Å². The van der Waals surface area contributed by atoms with Crippen LogP contribution in [0.3, 0.4) is 0 Å². The molecular weight excluding hydrogens is 542 g/mol. The number of amides is 1. The van der Waals surface area contributed by atoms with Crippen LogP contribution in [0.2, 0.25) is 25.7 Å². The van der Waals surface area contributed by atoms with Crippen LogP contribution in [0.15, 0.2) is 27.7 Å². The summed E-state index contributed by atoms with van der Waals surface area (Å²) in [6.07, 6.45) is -0.0700. The van der Waals surface area contributed by atoms with E-state index in [0.29, 0.717) is 28.2 Å². The first-order valence-electron chi connectivity index (χ1n) is 11.5. The maximum Gasteiger partial charge on any atom is 0.418 e. The second-order valence-electron chi connectivity index (χ2n) is 11.5. The van der Waals surface area contributed by atoms with E-state index in [-0.39, 0.29) is 12.6 Å². The molecular formula is C24H35BrF2N2O3SSi. The number of benzene rings is 1. The lowest BCUT2D eigenvalue weighted by atomic mass is 9.86. The Labute approximate surface area is 215 Å². The number of hydrogen-bond acceptors (Lipinski definition) is 5. The van der Waals surface area contributed by atoms with Gasteiger partial charge in [-0.05, 0) is 58.4 Å². The monoisotopic (exact) mass is 576 g/mol. The van der Waals surface area contributed by atoms with Crippen molar-refractivity contribution in [3.8, 4) is 0 Å². The fourth-order valence-electron chi connectivity index (χ4n) is 4.05. The molecule has 3 rings (SSSR count). The average Bonchev–Trinajstić information content (AvgIpc) is 3.44. The van der Waals surface area contributed by atoms with E-state index in [1.54, 1.807) is 32.9 Å². The Morgan fingerprint density at radius 3 is 2.62 bits per heavy atom. The van der Waals surface area contributed by atoms with Crippen LogP contribution in [0, 0.1) is 11.7 Å². The molecule has 34 heavy (non-hydrogen) atoms. The lowest BCUT2D eigenvalue weighted by molar-refractivity contribution is 0.0110. The van der Waals surface area contributed by atoms with Crippen LogP contribution >= 0.6 is 27.7 Å². The number of thioether (sulfide) groups is 1. The van der Waals surface area contributed by atoms with Crippen molar-refractivity contribution in [1.82, 2.24) is 4.90 Å². The van der Waals surface area contributed by atoms with Crippen molar-refractivity contribution >= 4 is 47.0 Å². The third-order valence-electron chi connectivity index (χ3n) is 6.09. The fourth-order valence-corrected chi connectivity index (χ4v) is 6.68. The molecule has 1 aliphatic carbocycles. The first kappa shape index (κ1) is 27.6. The molecule has 0 aromatic heterocycles. The Balaban J connectivity index is 1.98. The minimum absolute atomic E-state index is 0.0602. The summed E-state index contributed by atoms with van der Waals surface area (Å²) in [6, 6.07) is 5.63. The lowest BCUT2D eigenvalue weighted by Gasteiger charge is -2.37. The van der Waals surface area contributed by atoms with Crippen molar-refractivity contribution < 1.29 is 23.0 Å². The highest BCUT2D eigenvalue weighted by Gasteiger charge is 2.67. The van der Waals surface area contributed by atoms with Gasteiger partial charge >= 0.3 is 6.09 Å². The summed E-state index contributed by atoms with van der Waals surface area (Å²) in [4.78, 5) is 19.4. The molecule has 1 heterocycles. The second kappa shape index (κ2) is 9.82. The van der Waals surface area contributed by atoms with Crippen molar-refractivity contribution in [1.29, 1.82) is 0 Å². The molecule has 2 aliphatic rings. The molecule has 1 fully saturated rings. The zero-order chi connectivity index (χ0) is 25.5. The summed E-state index contributed by atoms with van der Waals surface area (Å²) in [5.74, 6) is -0.591. The van der Waals surface area contributed by atoms with Crippen molar-refractivity contribution in [3.05, 3.63) is 34.1 Å². The predicted molar refractivity (Wildman–Crippen MR) is 140 cm³/mol. The third kappa shape index (κ3) is 6.23. The predicted octanol–water partition coefficient (Wildman–Crippen LogP) is 7.18. The normalized spacial score (nSPS) is 26.5. The van der Waals surface area contributed by atoms with E-state index < -0.39 is 42.5 Å². The van der Waals surface area contributed by atoms with Crippen LogP contribution in [0.25, 0.3) is 0 Å². The molecule has 1 amide bonds. The van der Waals surface area contributed by atoms with E-state index in [4.69, 9.17) is 14.5 Å². The first-order valence-corrected chi connectivity index (χ1v) is 16.8. The molecule has 1 aromatic carbocycles. The molecule has 1 aliphatic heterocycles. The summed E-state index contributed by atoms with van der Waals surface area (Å²) in [7, 11) is -1.33. The number of rotatable bonds is 7. The molecule has 5 nitrogen and oxygen atoms in total. The molecule has 0 bridgehead atoms. The molecule has 1 saturated carbocycles. The maximum absolute atomic E-state index is 15.0. The van der Waals surface area contributed by atoms with E-state index in [0.717, 1.165) is 6.04 Å². The van der Waals surface area contributed by atoms with Crippen molar-refractivity contribution in [3.63, 3.8) is 0 Å². The van der Waals surface area contributed by atoms with Gasteiger partial charge in [-0.15, -0.1) is 0 Å². The Hall–Kier alpha value is -0.973. The van der Waals surface area contributed by atoms with E-state index in [1.165, 1.54) is 22.7 Å². The van der Waals surface area contributed by atoms with Gasteiger partial charge in [-0.3, -0.25) is 4.99 Å². The molecule has 190 valence electrons. The fraction of sp³-hybridized carbons (Fsp3) is 0.667. The Morgan fingerprint density at radius 2 is 2.03 bits per heavy atom. The SMILES string of the molecule is CC(C)(C)OC(=O)N(COCC[Si](C)(C)C)C1=N[C@](C)(c2cc(Br)ccc2F)[C@@H]2C[C@]2(CF)S1. The molecule has 0 radical (unpaired) electrons. The Morgan fingerprint density at radius 1 is 1.35 bits per heavy atom. The summed E-state index contributed by atoms with van der Waals surface area (Å²) in [5.41, 5.74) is -1.38. The van der Waals surface area contributed by atoms with Gasteiger partial charge in [0, 0.05) is 30.6 Å². The van der Waals surface area contributed by atoms with Crippen molar-refractivity contribution in [2.75, 3.05) is 20.0 Å². The molecule has 0 spiro atoms. The number of amidine groups is 1. The van der Waals surface area contributed by atoms with E-state index in [2.05, 4.69) is 35.6 Å². The summed E-state index contributed by atoms with van der Waals surface area (Å²) in [5, 5.41) is 0.301. The van der Waals surface area contributed by atoms with Gasteiger partial charge in [-0.25, -0.2) is 18.5 Å². The Kier molecular flexibility index (Phi) is 7.98. The highest BCUT2D eigenvalue weighted by atomic mass is 79.9. The number of nitrogens with zero attached hydrogens (tertiary/aromatic N) is 2. The van der Waals surface area contributed by atoms with E-state index in [9.17, 15) is 13.6 Å². The minimum Gasteiger partial charge on any atom is -0.443 e. The number of hydrogen-bond donors (Lipinski definition) is 0. The smallest absolute Gasteiger partial charge is 0.418 e. The summed E-state index contributed by atoms with van der Waals surface area (Å²) in [6.45, 7) is 13.8. The van der Waals surface area contributed by atoms with Gasteiger partial charge < -0.3 is 9.47 Å². The summed E-state index contributed by atoms with van der Waals surface area (Å²) >= 11 is 4.65. The number of halogens is 3. The summed E-state index contributed by atoms with van der Waals surface area (Å²) < 4.78 is 40.8. The number of alkyl halides is 1. The molecule has 1 aromatic rings. The van der Waals surface area contributed by atoms with Gasteiger partial charge in [0.25, 0.3) is 0 Å². The van der Waals surface area contributed by atoms with Gasteiger partial charge in [-0.1, -0.05) is 47.3 Å². The number of fused-ring (bicyclic) bond motifs is 1. The van der Waals surface area contributed by atoms with Crippen LogP contribution in [0.4, 0.5) is 13.6 Å². The van der Waals surface area contributed by atoms with E-state index in [1.807, 2.05) is 6.92 Å². The zero-order valence-electron chi connectivity index (χ0n) is 21.0. The van der Waals surface area contributed by atoms with Crippen LogP contribution < -0.4 is 0 Å². The van der Waals surface area contributed by atoms with Crippen LogP contribution in [-0.4, -0.2) is 54.6 Å². The maximum atomic E-state index is 15.0. The minimum atomic E-state index is -1.33. The van der Waals surface area contributed by atoms with Crippen LogP contribution in [-0.2, 0) is 15.0 Å². The number of aliphatic imine (C=N–C) groups is 1. The van der Waals surface area contributed by atoms with Gasteiger partial charge in [0.2, 0.25) is 0 Å². The number of carbonyl (C=O) groups excluding carboxylic acids is 1. The second-order valence-corrected chi connectivity index (χ2v) is 19.4. The number of ether oxygens (including phenoxy) is 2. The van der Waals surface area contributed by atoms with Crippen LogP contribution in [0.5, 0.6) is 0 Å². The highest BCUT2D eigenvalue weighted by Crippen LogP contribution is 2.66. The van der Waals surface area contributed by atoms with Crippen molar-refractivity contribution in [2.45, 2.75) is 75.7 Å². The highest BCUT2D eigenvalue weighted by molar-refractivity contribution is 9.10. The molecule has 0 unspecified atom stereocenters.